The normalized spacial score (nSPS) is 17.3. The average Bonchev–Trinajstić information content (AvgIpc) is 3.50. The van der Waals surface area contributed by atoms with Gasteiger partial charge in [0.25, 0.3) is 0 Å². The van der Waals surface area contributed by atoms with Gasteiger partial charge < -0.3 is 14.6 Å². The number of benzene rings is 2. The summed E-state index contributed by atoms with van der Waals surface area (Å²) >= 11 is 0. The molecule has 38 heavy (non-hydrogen) atoms. The highest BCUT2D eigenvalue weighted by Crippen LogP contribution is 2.41. The summed E-state index contributed by atoms with van der Waals surface area (Å²) in [5, 5.41) is 9.89. The first-order valence-corrected chi connectivity index (χ1v) is 13.1. The van der Waals surface area contributed by atoms with Crippen LogP contribution in [0.3, 0.4) is 0 Å². The highest BCUT2D eigenvalue weighted by molar-refractivity contribution is 5.70. The van der Waals surface area contributed by atoms with E-state index in [1.165, 1.54) is 29.8 Å². The van der Waals surface area contributed by atoms with Crippen LogP contribution in [0.15, 0.2) is 48.7 Å². The standard InChI is InChI=1S/C28H27F4NO3.C2H6/c1-17-10-19-13-26(33-15-20(19)11-17)36-16-21-12-18(2-5-25(21)29)23-4-3-22(14-24(23)28(30,31)32)35-9-8-27(34)6-7-27;1-2/h2-5,12-15,17,34H,6-11,16H2,1H3;1-2H3/t17-;/m0./s1. The van der Waals surface area contributed by atoms with Gasteiger partial charge in [-0.1, -0.05) is 32.9 Å². The molecule has 5 rings (SSSR count). The zero-order chi connectivity index (χ0) is 27.5. The molecule has 0 bridgehead atoms. The van der Waals surface area contributed by atoms with Crippen molar-refractivity contribution in [2.24, 2.45) is 5.92 Å². The van der Waals surface area contributed by atoms with Crippen molar-refractivity contribution in [1.29, 1.82) is 0 Å². The Labute approximate surface area is 220 Å². The molecule has 1 fully saturated rings. The molecular formula is C30H33F4NO3. The van der Waals surface area contributed by atoms with E-state index in [-0.39, 0.29) is 35.7 Å². The number of alkyl halides is 3. The summed E-state index contributed by atoms with van der Waals surface area (Å²) in [7, 11) is 0. The number of hydrogen-bond donors (Lipinski definition) is 1. The SMILES string of the molecule is CC.C[C@@H]1Cc2cnc(OCc3cc(-c4ccc(OCCC5(O)CC5)cc4C(F)(F)F)ccc3F)cc2C1. The van der Waals surface area contributed by atoms with E-state index in [1.807, 2.05) is 19.9 Å². The van der Waals surface area contributed by atoms with Crippen LogP contribution in [-0.4, -0.2) is 22.3 Å². The third-order valence-corrected chi connectivity index (χ3v) is 6.89. The predicted molar refractivity (Wildman–Crippen MR) is 138 cm³/mol. The smallest absolute Gasteiger partial charge is 0.417 e. The van der Waals surface area contributed by atoms with Crippen molar-refractivity contribution in [2.75, 3.05) is 6.61 Å². The van der Waals surface area contributed by atoms with Crippen LogP contribution in [0.1, 0.15) is 62.3 Å². The minimum atomic E-state index is -4.64. The summed E-state index contributed by atoms with van der Waals surface area (Å²) in [6.07, 6.45) is 0.759. The molecule has 3 aromatic rings. The molecule has 1 N–H and O–H groups in total. The molecule has 1 aromatic heterocycles. The Morgan fingerprint density at radius 2 is 1.74 bits per heavy atom. The number of hydrogen-bond acceptors (Lipinski definition) is 4. The molecule has 0 aliphatic heterocycles. The Morgan fingerprint density at radius 3 is 2.45 bits per heavy atom. The van der Waals surface area contributed by atoms with E-state index in [1.54, 1.807) is 6.20 Å². The molecule has 8 heteroatoms. The second-order valence-electron chi connectivity index (χ2n) is 9.93. The number of rotatable bonds is 8. The lowest BCUT2D eigenvalue weighted by atomic mass is 9.97. The van der Waals surface area contributed by atoms with E-state index >= 15 is 0 Å². The lowest BCUT2D eigenvalue weighted by Crippen LogP contribution is -2.13. The number of nitrogens with zero attached hydrogens (tertiary/aromatic N) is 1. The minimum Gasteiger partial charge on any atom is -0.493 e. The van der Waals surface area contributed by atoms with Crippen molar-refractivity contribution in [1.82, 2.24) is 4.98 Å². The number of pyridine rings is 1. The molecule has 2 aromatic carbocycles. The second-order valence-corrected chi connectivity index (χ2v) is 9.93. The fraction of sp³-hybridized carbons (Fsp3) is 0.433. The monoisotopic (exact) mass is 531 g/mol. The van der Waals surface area contributed by atoms with Crippen LogP contribution in [0.2, 0.25) is 0 Å². The van der Waals surface area contributed by atoms with Gasteiger partial charge in [-0.15, -0.1) is 0 Å². The van der Waals surface area contributed by atoms with Gasteiger partial charge in [-0.3, -0.25) is 0 Å². The molecule has 0 spiro atoms. The van der Waals surface area contributed by atoms with Crippen LogP contribution in [0.5, 0.6) is 11.6 Å². The summed E-state index contributed by atoms with van der Waals surface area (Å²) in [4.78, 5) is 4.29. The first-order chi connectivity index (χ1) is 18.1. The van der Waals surface area contributed by atoms with E-state index in [9.17, 15) is 22.7 Å². The molecule has 2 aliphatic carbocycles. The maximum atomic E-state index is 14.5. The van der Waals surface area contributed by atoms with Gasteiger partial charge in [-0.25, -0.2) is 9.37 Å². The van der Waals surface area contributed by atoms with Crippen LogP contribution in [-0.2, 0) is 25.6 Å². The van der Waals surface area contributed by atoms with Gasteiger partial charge in [0.15, 0.2) is 0 Å². The summed E-state index contributed by atoms with van der Waals surface area (Å²) in [5.41, 5.74) is 0.988. The molecule has 1 saturated carbocycles. The van der Waals surface area contributed by atoms with Gasteiger partial charge in [0.2, 0.25) is 5.88 Å². The Balaban J connectivity index is 0.00000164. The zero-order valence-electron chi connectivity index (χ0n) is 21.9. The van der Waals surface area contributed by atoms with Crippen LogP contribution in [0, 0.1) is 11.7 Å². The third kappa shape index (κ3) is 6.65. The van der Waals surface area contributed by atoms with Crippen molar-refractivity contribution in [3.63, 3.8) is 0 Å². The van der Waals surface area contributed by atoms with E-state index in [0.717, 1.165) is 30.5 Å². The van der Waals surface area contributed by atoms with Gasteiger partial charge in [0, 0.05) is 24.2 Å². The van der Waals surface area contributed by atoms with Crippen molar-refractivity contribution >= 4 is 0 Å². The van der Waals surface area contributed by atoms with Gasteiger partial charge >= 0.3 is 6.18 Å². The van der Waals surface area contributed by atoms with E-state index < -0.39 is 23.2 Å². The van der Waals surface area contributed by atoms with E-state index in [4.69, 9.17) is 9.47 Å². The van der Waals surface area contributed by atoms with Crippen molar-refractivity contribution in [3.8, 4) is 22.8 Å². The molecule has 204 valence electrons. The first kappa shape index (κ1) is 27.9. The highest BCUT2D eigenvalue weighted by atomic mass is 19.4. The molecule has 1 heterocycles. The van der Waals surface area contributed by atoms with Crippen LogP contribution in [0.25, 0.3) is 11.1 Å². The number of ether oxygens (including phenoxy) is 2. The van der Waals surface area contributed by atoms with E-state index in [0.29, 0.717) is 31.1 Å². The second kappa shape index (κ2) is 11.3. The molecule has 0 unspecified atom stereocenters. The summed E-state index contributed by atoms with van der Waals surface area (Å²) < 4.78 is 67.5. The molecular weight excluding hydrogens is 498 g/mol. The molecule has 0 saturated heterocycles. The van der Waals surface area contributed by atoms with Crippen LogP contribution < -0.4 is 9.47 Å². The van der Waals surface area contributed by atoms with Crippen LogP contribution in [0.4, 0.5) is 17.6 Å². The lowest BCUT2D eigenvalue weighted by Gasteiger charge is -2.17. The minimum absolute atomic E-state index is 0.0676. The molecule has 0 amide bonds. The number of halogens is 4. The van der Waals surface area contributed by atoms with Crippen LogP contribution >= 0.6 is 0 Å². The van der Waals surface area contributed by atoms with Crippen molar-refractivity contribution < 1.29 is 32.1 Å². The summed E-state index contributed by atoms with van der Waals surface area (Å²) in [6, 6.07) is 9.42. The predicted octanol–water partition coefficient (Wildman–Crippen LogP) is 7.54. The largest absolute Gasteiger partial charge is 0.493 e. The topological polar surface area (TPSA) is 51.6 Å². The molecule has 1 atom stereocenters. The van der Waals surface area contributed by atoms with Gasteiger partial charge in [-0.05, 0) is 78.1 Å². The van der Waals surface area contributed by atoms with Crippen molar-refractivity contribution in [2.45, 2.75) is 71.3 Å². The summed E-state index contributed by atoms with van der Waals surface area (Å²) in [6.45, 7) is 6.13. The summed E-state index contributed by atoms with van der Waals surface area (Å²) in [5.74, 6) is 0.398. The van der Waals surface area contributed by atoms with Gasteiger partial charge in [0.1, 0.15) is 18.2 Å². The fourth-order valence-electron chi connectivity index (χ4n) is 4.64. The van der Waals surface area contributed by atoms with Gasteiger partial charge in [-0.2, -0.15) is 13.2 Å². The maximum Gasteiger partial charge on any atom is 0.417 e. The number of aromatic nitrogens is 1. The lowest BCUT2D eigenvalue weighted by molar-refractivity contribution is -0.137. The Kier molecular flexibility index (Phi) is 8.31. The fourth-order valence-corrected chi connectivity index (χ4v) is 4.64. The zero-order valence-corrected chi connectivity index (χ0v) is 21.9. The molecule has 2 aliphatic rings. The Bertz CT molecular complexity index is 1270. The first-order valence-electron chi connectivity index (χ1n) is 13.1. The quantitative estimate of drug-likeness (QED) is 0.305. The number of fused-ring (bicyclic) bond motifs is 1. The molecule has 4 nitrogen and oxygen atoms in total. The Morgan fingerprint density at radius 1 is 1.00 bits per heavy atom. The molecule has 0 radical (unpaired) electrons. The van der Waals surface area contributed by atoms with Crippen molar-refractivity contribution in [3.05, 3.63) is 76.7 Å². The Hall–Kier alpha value is -3.13. The van der Waals surface area contributed by atoms with E-state index in [2.05, 4.69) is 11.9 Å². The third-order valence-electron chi connectivity index (χ3n) is 6.89. The number of aliphatic hydroxyl groups is 1. The highest BCUT2D eigenvalue weighted by Gasteiger charge is 2.40. The maximum absolute atomic E-state index is 14.5. The van der Waals surface area contributed by atoms with Gasteiger partial charge in [0.05, 0.1) is 17.8 Å². The average molecular weight is 532 g/mol.